The lowest BCUT2D eigenvalue weighted by atomic mass is 10.2. The van der Waals surface area contributed by atoms with Gasteiger partial charge in [0.15, 0.2) is 18.1 Å². The molecule has 2 N–H and O–H groups in total. The highest BCUT2D eigenvalue weighted by Crippen LogP contribution is 2.28. The lowest BCUT2D eigenvalue weighted by molar-refractivity contribution is -0.123. The minimum atomic E-state index is -0.0749. The Balaban J connectivity index is 1.90. The van der Waals surface area contributed by atoms with Crippen LogP contribution in [0.1, 0.15) is 31.7 Å². The second-order valence-electron chi connectivity index (χ2n) is 5.29. The van der Waals surface area contributed by atoms with E-state index in [2.05, 4.69) is 17.6 Å². The summed E-state index contributed by atoms with van der Waals surface area (Å²) in [4.78, 5) is 11.7. The molecule has 5 heteroatoms. The predicted molar refractivity (Wildman–Crippen MR) is 81.7 cm³/mol. The second kappa shape index (κ2) is 7.88. The van der Waals surface area contributed by atoms with E-state index in [1.165, 1.54) is 0 Å². The van der Waals surface area contributed by atoms with Crippen molar-refractivity contribution in [2.45, 2.75) is 38.8 Å². The number of hydrogen-bond donors (Lipinski definition) is 2. The Hall–Kier alpha value is -1.75. The molecule has 0 unspecified atom stereocenters. The minimum absolute atomic E-state index is 0.0265. The first-order valence-corrected chi connectivity index (χ1v) is 7.52. The Morgan fingerprint density at radius 3 is 2.81 bits per heavy atom. The van der Waals surface area contributed by atoms with Crippen molar-refractivity contribution < 1.29 is 14.3 Å². The molecule has 1 saturated carbocycles. The summed E-state index contributed by atoms with van der Waals surface area (Å²) >= 11 is 0. The first kappa shape index (κ1) is 15.6. The Labute approximate surface area is 126 Å². The minimum Gasteiger partial charge on any atom is -0.493 e. The van der Waals surface area contributed by atoms with E-state index in [9.17, 15) is 4.79 Å². The van der Waals surface area contributed by atoms with Crippen LogP contribution in [0, 0.1) is 0 Å². The molecule has 0 aromatic heterocycles. The van der Waals surface area contributed by atoms with Crippen LogP contribution < -0.4 is 20.1 Å². The van der Waals surface area contributed by atoms with E-state index in [1.807, 2.05) is 18.2 Å². The summed E-state index contributed by atoms with van der Waals surface area (Å²) in [5, 5.41) is 6.24. The van der Waals surface area contributed by atoms with E-state index in [-0.39, 0.29) is 12.5 Å². The van der Waals surface area contributed by atoms with Crippen LogP contribution >= 0.6 is 0 Å². The number of hydrogen-bond acceptors (Lipinski definition) is 4. The highest BCUT2D eigenvalue weighted by atomic mass is 16.5. The Kier molecular flexibility index (Phi) is 5.87. The zero-order chi connectivity index (χ0) is 15.1. The van der Waals surface area contributed by atoms with Gasteiger partial charge in [-0.25, -0.2) is 0 Å². The summed E-state index contributed by atoms with van der Waals surface area (Å²) < 4.78 is 10.9. The Morgan fingerprint density at radius 2 is 2.14 bits per heavy atom. The molecule has 1 aromatic carbocycles. The van der Waals surface area contributed by atoms with Gasteiger partial charge in [0.05, 0.1) is 7.11 Å². The van der Waals surface area contributed by atoms with Gasteiger partial charge in [-0.2, -0.15) is 0 Å². The van der Waals surface area contributed by atoms with Crippen molar-refractivity contribution in [1.82, 2.24) is 10.6 Å². The van der Waals surface area contributed by atoms with Crippen molar-refractivity contribution in [2.75, 3.05) is 20.3 Å². The molecule has 1 aromatic rings. The maximum Gasteiger partial charge on any atom is 0.258 e. The largest absolute Gasteiger partial charge is 0.493 e. The molecule has 2 rings (SSSR count). The van der Waals surface area contributed by atoms with Crippen LogP contribution in [0.4, 0.5) is 0 Å². The zero-order valence-corrected chi connectivity index (χ0v) is 12.8. The summed E-state index contributed by atoms with van der Waals surface area (Å²) in [5.41, 5.74) is 1.11. The van der Waals surface area contributed by atoms with Gasteiger partial charge in [-0.3, -0.25) is 4.79 Å². The predicted octanol–water partition coefficient (Wildman–Crippen LogP) is 1.85. The maximum atomic E-state index is 11.7. The Bertz CT molecular complexity index is 473. The normalized spacial score (nSPS) is 13.8. The van der Waals surface area contributed by atoms with Crippen LogP contribution in [0.25, 0.3) is 0 Å². The van der Waals surface area contributed by atoms with Crippen molar-refractivity contribution in [3.05, 3.63) is 23.8 Å². The van der Waals surface area contributed by atoms with E-state index < -0.39 is 0 Å². The smallest absolute Gasteiger partial charge is 0.258 e. The standard InChI is InChI=1S/C16H24N2O3/c1-3-8-17-10-12-4-7-14(20-2)15(9-12)21-11-16(19)18-13-5-6-13/h4,7,9,13,17H,3,5-6,8,10-11H2,1-2H3,(H,18,19). The third-order valence-electron chi connectivity index (χ3n) is 3.29. The highest BCUT2D eigenvalue weighted by Gasteiger charge is 2.23. The number of benzene rings is 1. The van der Waals surface area contributed by atoms with E-state index in [0.717, 1.165) is 37.9 Å². The fraction of sp³-hybridized carbons (Fsp3) is 0.562. The van der Waals surface area contributed by atoms with Gasteiger partial charge in [0.2, 0.25) is 0 Å². The van der Waals surface area contributed by atoms with Crippen molar-refractivity contribution in [1.29, 1.82) is 0 Å². The molecular weight excluding hydrogens is 268 g/mol. The first-order valence-electron chi connectivity index (χ1n) is 7.52. The van der Waals surface area contributed by atoms with Gasteiger partial charge >= 0.3 is 0 Å². The highest BCUT2D eigenvalue weighted by molar-refractivity contribution is 5.78. The summed E-state index contributed by atoms with van der Waals surface area (Å²) in [6.45, 7) is 3.92. The number of rotatable bonds is 9. The number of carbonyl (C=O) groups excluding carboxylic acids is 1. The molecule has 21 heavy (non-hydrogen) atoms. The van der Waals surface area contributed by atoms with Crippen molar-refractivity contribution in [3.63, 3.8) is 0 Å². The van der Waals surface area contributed by atoms with Gasteiger partial charge in [-0.05, 0) is 43.5 Å². The molecule has 0 spiro atoms. The Morgan fingerprint density at radius 1 is 1.33 bits per heavy atom. The van der Waals surface area contributed by atoms with Crippen LogP contribution in [0.2, 0.25) is 0 Å². The molecule has 1 aliphatic rings. The molecule has 0 heterocycles. The lowest BCUT2D eigenvalue weighted by Gasteiger charge is -2.12. The number of ether oxygens (including phenoxy) is 2. The number of methoxy groups -OCH3 is 1. The van der Waals surface area contributed by atoms with Crippen LogP contribution in [0.5, 0.6) is 11.5 Å². The fourth-order valence-corrected chi connectivity index (χ4v) is 1.99. The van der Waals surface area contributed by atoms with E-state index in [0.29, 0.717) is 17.5 Å². The molecule has 1 aliphatic carbocycles. The third kappa shape index (κ3) is 5.27. The molecule has 0 atom stereocenters. The average molecular weight is 292 g/mol. The van der Waals surface area contributed by atoms with Gasteiger partial charge < -0.3 is 20.1 Å². The lowest BCUT2D eigenvalue weighted by Crippen LogP contribution is -2.30. The summed E-state index contributed by atoms with van der Waals surface area (Å²) in [6.07, 6.45) is 3.25. The number of amides is 1. The van der Waals surface area contributed by atoms with Gasteiger partial charge in [0.25, 0.3) is 5.91 Å². The summed E-state index contributed by atoms with van der Waals surface area (Å²) in [5.74, 6) is 1.18. The van der Waals surface area contributed by atoms with E-state index in [4.69, 9.17) is 9.47 Å². The number of nitrogens with one attached hydrogen (secondary N) is 2. The first-order chi connectivity index (χ1) is 10.2. The SMILES string of the molecule is CCCNCc1ccc(OC)c(OCC(=O)NC2CC2)c1. The van der Waals surface area contributed by atoms with E-state index in [1.54, 1.807) is 7.11 Å². The van der Waals surface area contributed by atoms with Crippen molar-refractivity contribution in [2.24, 2.45) is 0 Å². The van der Waals surface area contributed by atoms with Crippen LogP contribution in [-0.2, 0) is 11.3 Å². The van der Waals surface area contributed by atoms with Crippen LogP contribution in [-0.4, -0.2) is 32.2 Å². The molecule has 116 valence electrons. The third-order valence-corrected chi connectivity index (χ3v) is 3.29. The molecule has 0 aliphatic heterocycles. The molecule has 1 amide bonds. The average Bonchev–Trinajstić information content (AvgIpc) is 3.29. The molecular formula is C16H24N2O3. The molecule has 0 radical (unpaired) electrons. The van der Waals surface area contributed by atoms with Crippen molar-refractivity contribution in [3.8, 4) is 11.5 Å². The van der Waals surface area contributed by atoms with Crippen molar-refractivity contribution >= 4 is 5.91 Å². The van der Waals surface area contributed by atoms with Gasteiger partial charge in [-0.1, -0.05) is 13.0 Å². The van der Waals surface area contributed by atoms with Gasteiger partial charge in [0, 0.05) is 12.6 Å². The maximum absolute atomic E-state index is 11.7. The van der Waals surface area contributed by atoms with Gasteiger partial charge in [-0.15, -0.1) is 0 Å². The molecule has 1 fully saturated rings. The van der Waals surface area contributed by atoms with Crippen LogP contribution in [0.3, 0.4) is 0 Å². The van der Waals surface area contributed by atoms with Crippen LogP contribution in [0.15, 0.2) is 18.2 Å². The van der Waals surface area contributed by atoms with E-state index >= 15 is 0 Å². The molecule has 0 saturated heterocycles. The van der Waals surface area contributed by atoms with Gasteiger partial charge in [0.1, 0.15) is 0 Å². The summed E-state index contributed by atoms with van der Waals surface area (Å²) in [7, 11) is 1.60. The monoisotopic (exact) mass is 292 g/mol. The second-order valence-corrected chi connectivity index (χ2v) is 5.29. The topological polar surface area (TPSA) is 59.6 Å². The molecule has 5 nitrogen and oxygen atoms in total. The molecule has 0 bridgehead atoms. The fourth-order valence-electron chi connectivity index (χ4n) is 1.99. The summed E-state index contributed by atoms with van der Waals surface area (Å²) in [6, 6.07) is 6.15. The zero-order valence-electron chi connectivity index (χ0n) is 12.8. The quantitative estimate of drug-likeness (QED) is 0.682. The number of carbonyl (C=O) groups is 1.